The van der Waals surface area contributed by atoms with Crippen molar-refractivity contribution in [2.24, 2.45) is 5.92 Å². The molecule has 0 saturated carbocycles. The Morgan fingerprint density at radius 1 is 0.741 bits per heavy atom. The lowest BCUT2D eigenvalue weighted by atomic mass is 9.99. The van der Waals surface area contributed by atoms with E-state index in [0.29, 0.717) is 13.2 Å². The number of carbonyl (C=O) groups is 2. The van der Waals surface area contributed by atoms with Crippen molar-refractivity contribution in [2.75, 3.05) is 13.2 Å². The van der Waals surface area contributed by atoms with Crippen LogP contribution in [0.4, 0.5) is 4.79 Å². The summed E-state index contributed by atoms with van der Waals surface area (Å²) in [6.07, 6.45) is 13.4. The fourth-order valence-electron chi connectivity index (χ4n) is 2.88. The molecule has 160 valence electrons. The first-order valence-electron chi connectivity index (χ1n) is 11.2. The Hall–Kier alpha value is -1.26. The molecule has 27 heavy (non-hydrogen) atoms. The van der Waals surface area contributed by atoms with Crippen molar-refractivity contribution < 1.29 is 19.1 Å². The normalized spacial score (nSPS) is 13.0. The summed E-state index contributed by atoms with van der Waals surface area (Å²) in [6, 6.07) is -0.637. The number of hydrogen-bond acceptors (Lipinski definition) is 4. The zero-order valence-corrected chi connectivity index (χ0v) is 18.2. The molecule has 5 nitrogen and oxygen atoms in total. The Morgan fingerprint density at radius 3 is 1.81 bits per heavy atom. The number of alkyl carbamates (subject to hydrolysis) is 1. The minimum atomic E-state index is -0.637. The second-order valence-corrected chi connectivity index (χ2v) is 7.49. The Labute approximate surface area is 167 Å². The van der Waals surface area contributed by atoms with E-state index in [1.165, 1.54) is 51.4 Å². The fraction of sp³-hybridized carbons (Fsp3) is 0.909. The molecule has 0 aromatic carbocycles. The number of carbonyl (C=O) groups excluding carboxylic acids is 2. The van der Waals surface area contributed by atoms with Crippen molar-refractivity contribution in [1.29, 1.82) is 0 Å². The Morgan fingerprint density at radius 2 is 1.30 bits per heavy atom. The zero-order valence-electron chi connectivity index (χ0n) is 18.2. The highest BCUT2D eigenvalue weighted by atomic mass is 16.6. The molecule has 0 heterocycles. The number of unbranched alkanes of at least 4 members (excludes halogenated alkanes) is 9. The Bertz CT molecular complexity index is 373. The molecule has 0 fully saturated rings. The SMILES string of the molecule is CCCCCCCCCCCCOC(=O)[C@@H](NC(=O)OCCC)C(C)CC. The number of nitrogens with one attached hydrogen (secondary N) is 1. The molecule has 5 heteroatoms. The van der Waals surface area contributed by atoms with E-state index in [-0.39, 0.29) is 11.9 Å². The van der Waals surface area contributed by atoms with E-state index >= 15 is 0 Å². The van der Waals surface area contributed by atoms with Crippen molar-refractivity contribution in [3.63, 3.8) is 0 Å². The van der Waals surface area contributed by atoms with Crippen LogP contribution in [-0.2, 0) is 14.3 Å². The van der Waals surface area contributed by atoms with Crippen LogP contribution in [0.3, 0.4) is 0 Å². The maximum Gasteiger partial charge on any atom is 0.407 e. The van der Waals surface area contributed by atoms with Crippen LogP contribution >= 0.6 is 0 Å². The molecular weight excluding hydrogens is 342 g/mol. The molecule has 0 spiro atoms. The third-order valence-corrected chi connectivity index (χ3v) is 4.92. The van der Waals surface area contributed by atoms with Crippen LogP contribution in [0.5, 0.6) is 0 Å². The lowest BCUT2D eigenvalue weighted by Gasteiger charge is -2.22. The summed E-state index contributed by atoms with van der Waals surface area (Å²) in [7, 11) is 0. The molecule has 1 amide bonds. The summed E-state index contributed by atoms with van der Waals surface area (Å²) in [5.74, 6) is -0.340. The molecule has 0 saturated heterocycles. The van der Waals surface area contributed by atoms with Gasteiger partial charge < -0.3 is 14.8 Å². The molecule has 0 aliphatic rings. The van der Waals surface area contributed by atoms with Crippen LogP contribution in [0.15, 0.2) is 0 Å². The van der Waals surface area contributed by atoms with Crippen LogP contribution in [0.1, 0.15) is 105 Å². The second kappa shape index (κ2) is 18.1. The van der Waals surface area contributed by atoms with Crippen molar-refractivity contribution in [3.8, 4) is 0 Å². The maximum absolute atomic E-state index is 12.3. The molecule has 0 aromatic heterocycles. The predicted octanol–water partition coefficient (Wildman–Crippen LogP) is 6.00. The van der Waals surface area contributed by atoms with E-state index in [2.05, 4.69) is 12.2 Å². The second-order valence-electron chi connectivity index (χ2n) is 7.49. The Kier molecular flexibility index (Phi) is 17.3. The molecule has 0 aliphatic heterocycles. The zero-order chi connectivity index (χ0) is 20.3. The molecule has 2 atom stereocenters. The number of esters is 1. The van der Waals surface area contributed by atoms with E-state index in [4.69, 9.17) is 9.47 Å². The van der Waals surface area contributed by atoms with Crippen LogP contribution in [0.25, 0.3) is 0 Å². The van der Waals surface area contributed by atoms with Crippen molar-refractivity contribution >= 4 is 12.1 Å². The molecular formula is C22H43NO4. The smallest absolute Gasteiger partial charge is 0.407 e. The quantitative estimate of drug-likeness (QED) is 0.246. The minimum absolute atomic E-state index is 0.0133. The van der Waals surface area contributed by atoms with Gasteiger partial charge in [-0.3, -0.25) is 0 Å². The fourth-order valence-corrected chi connectivity index (χ4v) is 2.88. The van der Waals surface area contributed by atoms with Gasteiger partial charge in [0.05, 0.1) is 13.2 Å². The first kappa shape index (κ1) is 25.7. The molecule has 1 N–H and O–H groups in total. The lowest BCUT2D eigenvalue weighted by Crippen LogP contribution is -2.46. The van der Waals surface area contributed by atoms with E-state index in [9.17, 15) is 9.59 Å². The monoisotopic (exact) mass is 385 g/mol. The summed E-state index contributed by atoms with van der Waals surface area (Å²) in [6.45, 7) is 8.88. The van der Waals surface area contributed by atoms with Crippen LogP contribution in [0.2, 0.25) is 0 Å². The molecule has 0 aliphatic carbocycles. The van der Waals surface area contributed by atoms with Gasteiger partial charge >= 0.3 is 12.1 Å². The summed E-state index contributed by atoms with van der Waals surface area (Å²) >= 11 is 0. The topological polar surface area (TPSA) is 64.6 Å². The van der Waals surface area contributed by atoms with Gasteiger partial charge in [-0.05, 0) is 18.8 Å². The van der Waals surface area contributed by atoms with Gasteiger partial charge in [-0.25, -0.2) is 9.59 Å². The Balaban J connectivity index is 3.88. The van der Waals surface area contributed by atoms with E-state index < -0.39 is 12.1 Å². The maximum atomic E-state index is 12.3. The first-order valence-corrected chi connectivity index (χ1v) is 11.2. The summed E-state index contributed by atoms with van der Waals surface area (Å²) in [5, 5.41) is 2.66. The molecule has 0 bridgehead atoms. The summed E-state index contributed by atoms with van der Waals surface area (Å²) in [4.78, 5) is 24.1. The highest BCUT2D eigenvalue weighted by Crippen LogP contribution is 2.12. The first-order chi connectivity index (χ1) is 13.1. The standard InChI is InChI=1S/C22H43NO4/c1-5-8-9-10-11-12-13-14-15-16-18-26-21(24)20(19(4)7-3)23-22(25)27-17-6-2/h19-20H,5-18H2,1-4H3,(H,23,25)/t19?,20-/m0/s1. The third-order valence-electron chi connectivity index (χ3n) is 4.92. The van der Waals surface area contributed by atoms with Crippen molar-refractivity contribution in [1.82, 2.24) is 5.32 Å². The number of amides is 1. The largest absolute Gasteiger partial charge is 0.464 e. The van der Waals surface area contributed by atoms with Crippen LogP contribution in [-0.4, -0.2) is 31.3 Å². The van der Waals surface area contributed by atoms with Gasteiger partial charge in [-0.15, -0.1) is 0 Å². The average Bonchev–Trinajstić information content (AvgIpc) is 2.67. The molecule has 0 rings (SSSR count). The van der Waals surface area contributed by atoms with Gasteiger partial charge in [0.15, 0.2) is 0 Å². The van der Waals surface area contributed by atoms with Gasteiger partial charge in [0, 0.05) is 0 Å². The molecule has 0 radical (unpaired) electrons. The summed E-state index contributed by atoms with van der Waals surface area (Å²) in [5.41, 5.74) is 0. The third kappa shape index (κ3) is 14.5. The van der Waals surface area contributed by atoms with Crippen molar-refractivity contribution in [3.05, 3.63) is 0 Å². The lowest BCUT2D eigenvalue weighted by molar-refractivity contribution is -0.147. The minimum Gasteiger partial charge on any atom is -0.464 e. The van der Waals surface area contributed by atoms with Gasteiger partial charge in [-0.1, -0.05) is 91.9 Å². The summed E-state index contributed by atoms with van der Waals surface area (Å²) < 4.78 is 10.4. The van der Waals surface area contributed by atoms with E-state index in [1.54, 1.807) is 0 Å². The van der Waals surface area contributed by atoms with Gasteiger partial charge in [0.2, 0.25) is 0 Å². The predicted molar refractivity (Wildman–Crippen MR) is 111 cm³/mol. The van der Waals surface area contributed by atoms with Crippen molar-refractivity contribution in [2.45, 2.75) is 111 Å². The average molecular weight is 386 g/mol. The number of hydrogen-bond donors (Lipinski definition) is 1. The number of ether oxygens (including phenoxy) is 2. The van der Waals surface area contributed by atoms with E-state index in [0.717, 1.165) is 25.7 Å². The van der Waals surface area contributed by atoms with Gasteiger partial charge in [0.25, 0.3) is 0 Å². The highest BCUT2D eigenvalue weighted by molar-refractivity contribution is 5.81. The van der Waals surface area contributed by atoms with E-state index in [1.807, 2.05) is 20.8 Å². The number of rotatable bonds is 17. The van der Waals surface area contributed by atoms with Gasteiger partial charge in [-0.2, -0.15) is 0 Å². The highest BCUT2D eigenvalue weighted by Gasteiger charge is 2.27. The van der Waals surface area contributed by atoms with Crippen LogP contribution in [0, 0.1) is 5.92 Å². The molecule has 1 unspecified atom stereocenters. The van der Waals surface area contributed by atoms with Crippen LogP contribution < -0.4 is 5.32 Å². The van der Waals surface area contributed by atoms with Gasteiger partial charge in [0.1, 0.15) is 6.04 Å². The molecule has 0 aromatic rings.